The molecule has 0 aliphatic carbocycles. The smallest absolute Gasteiger partial charge is 0.289 e. The maximum absolute atomic E-state index is 12.8. The average Bonchev–Trinajstić information content (AvgIpc) is 2.99. The molecular formula is C19H26N2O4S. The van der Waals surface area contributed by atoms with Crippen LogP contribution in [0.15, 0.2) is 27.5 Å². The minimum atomic E-state index is -3.54. The first-order valence-electron chi connectivity index (χ1n) is 9.22. The lowest BCUT2D eigenvalue weighted by molar-refractivity contribution is 0.0693. The number of furan rings is 1. The number of benzene rings is 1. The summed E-state index contributed by atoms with van der Waals surface area (Å²) >= 11 is 0. The second-order valence-corrected chi connectivity index (χ2v) is 8.59. The molecule has 1 aliphatic rings. The summed E-state index contributed by atoms with van der Waals surface area (Å²) in [4.78, 5) is 14.8. The van der Waals surface area contributed by atoms with Gasteiger partial charge in [0.15, 0.2) is 5.76 Å². The number of nitrogens with zero attached hydrogens (tertiary/aromatic N) is 2. The summed E-state index contributed by atoms with van der Waals surface area (Å²) in [5, 5.41) is 0.679. The highest BCUT2D eigenvalue weighted by molar-refractivity contribution is 7.89. The van der Waals surface area contributed by atoms with Gasteiger partial charge in [-0.3, -0.25) is 4.79 Å². The summed E-state index contributed by atoms with van der Waals surface area (Å²) in [5.74, 6) is 0.214. The number of likely N-dealkylation sites (tertiary alicyclic amines) is 1. The van der Waals surface area contributed by atoms with Gasteiger partial charge in [0, 0.05) is 37.1 Å². The van der Waals surface area contributed by atoms with E-state index in [-0.39, 0.29) is 10.8 Å². The molecule has 7 heteroatoms. The molecule has 0 N–H and O–H groups in total. The zero-order valence-electron chi connectivity index (χ0n) is 15.6. The van der Waals surface area contributed by atoms with Crippen molar-refractivity contribution in [1.29, 1.82) is 0 Å². The van der Waals surface area contributed by atoms with Crippen molar-refractivity contribution in [2.75, 3.05) is 26.2 Å². The molecule has 1 amide bonds. The fourth-order valence-electron chi connectivity index (χ4n) is 3.52. The molecule has 3 rings (SSSR count). The van der Waals surface area contributed by atoms with Gasteiger partial charge in [0.2, 0.25) is 10.0 Å². The topological polar surface area (TPSA) is 70.8 Å². The van der Waals surface area contributed by atoms with Gasteiger partial charge >= 0.3 is 0 Å². The van der Waals surface area contributed by atoms with Crippen molar-refractivity contribution in [2.45, 2.75) is 44.9 Å². The maximum Gasteiger partial charge on any atom is 0.289 e. The van der Waals surface area contributed by atoms with Crippen molar-refractivity contribution in [3.8, 4) is 0 Å². The maximum atomic E-state index is 12.8. The van der Waals surface area contributed by atoms with Gasteiger partial charge in [-0.2, -0.15) is 4.31 Å². The molecule has 0 atom stereocenters. The zero-order chi connectivity index (χ0) is 18.9. The van der Waals surface area contributed by atoms with Gasteiger partial charge in [-0.05, 0) is 44.4 Å². The molecular weight excluding hydrogens is 352 g/mol. The van der Waals surface area contributed by atoms with Crippen LogP contribution < -0.4 is 0 Å². The summed E-state index contributed by atoms with van der Waals surface area (Å²) in [6.07, 6.45) is 3.17. The molecule has 0 saturated carbocycles. The minimum absolute atomic E-state index is 0.105. The van der Waals surface area contributed by atoms with Crippen molar-refractivity contribution in [2.24, 2.45) is 0 Å². The van der Waals surface area contributed by atoms with Crippen LogP contribution in [0.2, 0.25) is 0 Å². The molecule has 142 valence electrons. The molecule has 26 heavy (non-hydrogen) atoms. The van der Waals surface area contributed by atoms with Crippen molar-refractivity contribution in [3.05, 3.63) is 29.5 Å². The van der Waals surface area contributed by atoms with Crippen LogP contribution in [0.5, 0.6) is 0 Å². The molecule has 0 radical (unpaired) electrons. The average molecular weight is 378 g/mol. The van der Waals surface area contributed by atoms with Crippen LogP contribution in [-0.2, 0) is 10.0 Å². The van der Waals surface area contributed by atoms with Crippen LogP contribution in [0.1, 0.15) is 49.2 Å². The van der Waals surface area contributed by atoms with Crippen molar-refractivity contribution in [1.82, 2.24) is 9.21 Å². The van der Waals surface area contributed by atoms with E-state index >= 15 is 0 Å². The zero-order valence-corrected chi connectivity index (χ0v) is 16.4. The largest absolute Gasteiger partial charge is 0.451 e. The van der Waals surface area contributed by atoms with E-state index in [1.165, 1.54) is 4.31 Å². The fourth-order valence-corrected chi connectivity index (χ4v) is 5.00. The molecule has 1 saturated heterocycles. The highest BCUT2D eigenvalue weighted by atomic mass is 32.2. The Kier molecular flexibility index (Phi) is 5.39. The molecule has 1 fully saturated rings. The van der Waals surface area contributed by atoms with Gasteiger partial charge in [0.25, 0.3) is 5.91 Å². The highest BCUT2D eigenvalue weighted by Gasteiger charge is 2.27. The van der Waals surface area contributed by atoms with E-state index in [2.05, 4.69) is 0 Å². The Morgan fingerprint density at radius 2 is 1.81 bits per heavy atom. The Hall–Kier alpha value is -1.86. The first kappa shape index (κ1) is 18.9. The van der Waals surface area contributed by atoms with Gasteiger partial charge in [-0.15, -0.1) is 0 Å². The number of rotatable bonds is 5. The number of carbonyl (C=O) groups excluding carboxylic acids is 1. The van der Waals surface area contributed by atoms with Crippen LogP contribution >= 0.6 is 0 Å². The van der Waals surface area contributed by atoms with Crippen LogP contribution in [0.3, 0.4) is 0 Å². The Balaban J connectivity index is 2.01. The number of hydrogen-bond acceptors (Lipinski definition) is 4. The molecule has 0 bridgehead atoms. The highest BCUT2D eigenvalue weighted by Crippen LogP contribution is 2.30. The number of hydrogen-bond donors (Lipinski definition) is 0. The van der Waals surface area contributed by atoms with Gasteiger partial charge in [-0.1, -0.05) is 13.8 Å². The van der Waals surface area contributed by atoms with Gasteiger partial charge in [0.05, 0.1) is 4.90 Å². The number of sulfonamides is 1. The minimum Gasteiger partial charge on any atom is -0.451 e. The van der Waals surface area contributed by atoms with Crippen molar-refractivity contribution in [3.63, 3.8) is 0 Å². The number of fused-ring (bicyclic) bond motifs is 1. The molecule has 1 aliphatic heterocycles. The summed E-state index contributed by atoms with van der Waals surface area (Å²) in [5.41, 5.74) is 1.24. The first-order chi connectivity index (χ1) is 12.4. The third kappa shape index (κ3) is 3.25. The standard InChI is InChI=1S/C19H26N2O4S/c1-4-21(5-2)26(23,24)15-9-10-17-16(13-15)14(3)18(25-17)19(22)20-11-7-6-8-12-20/h9-10,13H,4-8,11-12H2,1-3H3. The van der Waals surface area contributed by atoms with Crippen molar-refractivity contribution < 1.29 is 17.6 Å². The SMILES string of the molecule is CCN(CC)S(=O)(=O)c1ccc2oc(C(=O)N3CCCCC3)c(C)c2c1. The monoisotopic (exact) mass is 378 g/mol. The lowest BCUT2D eigenvalue weighted by Crippen LogP contribution is -2.35. The lowest BCUT2D eigenvalue weighted by Gasteiger charge is -2.25. The predicted molar refractivity (Wildman–Crippen MR) is 101 cm³/mol. The van der Waals surface area contributed by atoms with Crippen LogP contribution in [-0.4, -0.2) is 49.7 Å². The van der Waals surface area contributed by atoms with E-state index in [0.29, 0.717) is 35.4 Å². The number of carbonyl (C=O) groups is 1. The second-order valence-electron chi connectivity index (χ2n) is 6.66. The van der Waals surface area contributed by atoms with E-state index in [0.717, 1.165) is 32.4 Å². The number of amides is 1. The Morgan fingerprint density at radius 3 is 2.42 bits per heavy atom. The quantitative estimate of drug-likeness (QED) is 0.799. The van der Waals surface area contributed by atoms with Crippen LogP contribution in [0.25, 0.3) is 11.0 Å². The summed E-state index contributed by atoms with van der Waals surface area (Å²) in [6.45, 7) is 7.78. The molecule has 2 heterocycles. The lowest BCUT2D eigenvalue weighted by atomic mass is 10.1. The molecule has 2 aromatic rings. The van der Waals surface area contributed by atoms with Crippen molar-refractivity contribution >= 4 is 26.9 Å². The Labute approximate surface area is 154 Å². The van der Waals surface area contributed by atoms with Gasteiger partial charge in [-0.25, -0.2) is 8.42 Å². The molecule has 0 spiro atoms. The first-order valence-corrected chi connectivity index (χ1v) is 10.7. The second kappa shape index (κ2) is 7.40. The Bertz CT molecular complexity index is 907. The predicted octanol–water partition coefficient (Wildman–Crippen LogP) is 3.40. The molecule has 1 aromatic carbocycles. The van der Waals surface area contributed by atoms with Crippen LogP contribution in [0.4, 0.5) is 0 Å². The third-order valence-corrected chi connectivity index (χ3v) is 7.13. The van der Waals surface area contributed by atoms with E-state index in [1.807, 2.05) is 25.7 Å². The van der Waals surface area contributed by atoms with E-state index in [1.54, 1.807) is 18.2 Å². The Morgan fingerprint density at radius 1 is 1.15 bits per heavy atom. The summed E-state index contributed by atoms with van der Waals surface area (Å²) < 4.78 is 32.7. The number of piperidine rings is 1. The fraction of sp³-hybridized carbons (Fsp3) is 0.526. The van der Waals surface area contributed by atoms with E-state index in [9.17, 15) is 13.2 Å². The van der Waals surface area contributed by atoms with E-state index < -0.39 is 10.0 Å². The molecule has 6 nitrogen and oxygen atoms in total. The molecule has 0 unspecified atom stereocenters. The number of aryl methyl sites for hydroxylation is 1. The third-order valence-electron chi connectivity index (χ3n) is 5.09. The van der Waals surface area contributed by atoms with E-state index in [4.69, 9.17) is 4.42 Å². The van der Waals surface area contributed by atoms with Gasteiger partial charge in [0.1, 0.15) is 5.58 Å². The van der Waals surface area contributed by atoms with Gasteiger partial charge < -0.3 is 9.32 Å². The molecule has 1 aromatic heterocycles. The normalized spacial score (nSPS) is 15.8. The summed E-state index contributed by atoms with van der Waals surface area (Å²) in [6, 6.07) is 4.81. The van der Waals surface area contributed by atoms with Crippen LogP contribution in [0, 0.1) is 6.92 Å². The summed E-state index contributed by atoms with van der Waals surface area (Å²) in [7, 11) is -3.54.